The van der Waals surface area contributed by atoms with E-state index < -0.39 is 5.51 Å². The van der Waals surface area contributed by atoms with Crippen LogP contribution in [0.4, 0.5) is 13.2 Å². The van der Waals surface area contributed by atoms with Crippen LogP contribution in [-0.2, 0) is 6.54 Å². The predicted molar refractivity (Wildman–Crippen MR) is 51.3 cm³/mol. The molecule has 0 saturated carbocycles. The van der Waals surface area contributed by atoms with Crippen molar-refractivity contribution in [3.63, 3.8) is 0 Å². The van der Waals surface area contributed by atoms with Crippen LogP contribution in [0.25, 0.3) is 0 Å². The van der Waals surface area contributed by atoms with Gasteiger partial charge in [-0.25, -0.2) is 0 Å². The molecule has 0 aliphatic heterocycles. The number of benzene rings is 1. The van der Waals surface area contributed by atoms with Crippen LogP contribution in [0.3, 0.4) is 0 Å². The molecule has 0 aromatic heterocycles. The van der Waals surface area contributed by atoms with Crippen molar-refractivity contribution in [1.29, 1.82) is 0 Å². The van der Waals surface area contributed by atoms with Crippen molar-refractivity contribution in [2.45, 2.75) is 16.9 Å². The van der Waals surface area contributed by atoms with Gasteiger partial charge in [-0.1, -0.05) is 17.7 Å². The first kappa shape index (κ1) is 11.7. The van der Waals surface area contributed by atoms with E-state index in [4.69, 9.17) is 17.3 Å². The van der Waals surface area contributed by atoms with Crippen LogP contribution in [0.5, 0.6) is 0 Å². The minimum Gasteiger partial charge on any atom is -0.326 e. The highest BCUT2D eigenvalue weighted by atomic mass is 35.5. The number of alkyl halides is 3. The minimum absolute atomic E-state index is 0.0119. The zero-order valence-corrected chi connectivity index (χ0v) is 8.51. The molecule has 0 bridgehead atoms. The topological polar surface area (TPSA) is 26.0 Å². The molecule has 78 valence electrons. The molecule has 0 unspecified atom stereocenters. The summed E-state index contributed by atoms with van der Waals surface area (Å²) in [6.07, 6.45) is 0. The van der Waals surface area contributed by atoms with Gasteiger partial charge in [0.15, 0.2) is 0 Å². The van der Waals surface area contributed by atoms with E-state index in [0.29, 0.717) is 5.56 Å². The molecule has 1 aromatic carbocycles. The zero-order valence-electron chi connectivity index (χ0n) is 6.94. The Balaban J connectivity index is 2.95. The maximum absolute atomic E-state index is 12.0. The van der Waals surface area contributed by atoms with Crippen LogP contribution in [0.1, 0.15) is 5.56 Å². The van der Waals surface area contributed by atoms with Crippen LogP contribution in [0, 0.1) is 0 Å². The smallest absolute Gasteiger partial charge is 0.326 e. The minimum atomic E-state index is -4.32. The lowest BCUT2D eigenvalue weighted by Crippen LogP contribution is -2.01. The lowest BCUT2D eigenvalue weighted by atomic mass is 10.2. The highest BCUT2D eigenvalue weighted by molar-refractivity contribution is 8.00. The maximum atomic E-state index is 12.0. The summed E-state index contributed by atoms with van der Waals surface area (Å²) in [7, 11) is 0. The fraction of sp³-hybridized carbons (Fsp3) is 0.250. The van der Waals surface area contributed by atoms with Crippen molar-refractivity contribution in [2.24, 2.45) is 5.73 Å². The van der Waals surface area contributed by atoms with Crippen LogP contribution in [-0.4, -0.2) is 5.51 Å². The van der Waals surface area contributed by atoms with Gasteiger partial charge in [0.2, 0.25) is 0 Å². The molecule has 0 spiro atoms. The molecule has 1 nitrogen and oxygen atoms in total. The number of hydrogen-bond acceptors (Lipinski definition) is 2. The predicted octanol–water partition coefficient (Wildman–Crippen LogP) is 3.41. The molecular weight excluding hydrogens is 235 g/mol. The monoisotopic (exact) mass is 241 g/mol. The van der Waals surface area contributed by atoms with E-state index in [1.165, 1.54) is 12.1 Å². The average Bonchev–Trinajstić information content (AvgIpc) is 2.06. The molecule has 0 atom stereocenters. The first-order valence-electron chi connectivity index (χ1n) is 3.66. The lowest BCUT2D eigenvalue weighted by Gasteiger charge is -2.08. The molecule has 0 saturated heterocycles. The van der Waals surface area contributed by atoms with Gasteiger partial charge >= 0.3 is 5.51 Å². The summed E-state index contributed by atoms with van der Waals surface area (Å²) in [5, 5.41) is 0.0875. The van der Waals surface area contributed by atoms with Gasteiger partial charge < -0.3 is 5.73 Å². The standard InChI is InChI=1S/C8H7ClF3NS/c9-6-2-1-5(4-13)3-7(6)14-8(10,11)12/h1-3H,4,13H2. The van der Waals surface area contributed by atoms with E-state index in [0.717, 1.165) is 0 Å². The Morgan fingerprint density at radius 3 is 2.50 bits per heavy atom. The van der Waals surface area contributed by atoms with Crippen molar-refractivity contribution in [3.8, 4) is 0 Å². The third-order valence-corrected chi connectivity index (χ3v) is 2.69. The van der Waals surface area contributed by atoms with E-state index in [1.54, 1.807) is 6.07 Å². The molecule has 0 amide bonds. The Labute approximate surface area is 88.4 Å². The first-order chi connectivity index (χ1) is 6.42. The molecule has 14 heavy (non-hydrogen) atoms. The molecule has 1 rings (SSSR count). The van der Waals surface area contributed by atoms with Crippen LogP contribution in [0.15, 0.2) is 23.1 Å². The third-order valence-electron chi connectivity index (χ3n) is 1.46. The summed E-state index contributed by atoms with van der Waals surface area (Å²) >= 11 is 5.37. The van der Waals surface area contributed by atoms with Gasteiger partial charge in [-0.2, -0.15) is 13.2 Å². The maximum Gasteiger partial charge on any atom is 0.446 e. The van der Waals surface area contributed by atoms with Crippen molar-refractivity contribution in [1.82, 2.24) is 0 Å². The second-order valence-corrected chi connectivity index (χ2v) is 4.03. The summed E-state index contributed by atoms with van der Waals surface area (Å²) < 4.78 is 36.1. The molecule has 0 aliphatic carbocycles. The number of halogens is 4. The Kier molecular flexibility index (Phi) is 3.69. The number of rotatable bonds is 2. The molecule has 0 heterocycles. The number of thioether (sulfide) groups is 1. The van der Waals surface area contributed by atoms with Crippen molar-refractivity contribution < 1.29 is 13.2 Å². The van der Waals surface area contributed by atoms with Gasteiger partial charge in [0.1, 0.15) is 0 Å². The lowest BCUT2D eigenvalue weighted by molar-refractivity contribution is -0.0328. The Bertz CT molecular complexity index is 327. The molecule has 2 N–H and O–H groups in total. The summed E-state index contributed by atoms with van der Waals surface area (Å²) in [5.41, 5.74) is 1.60. The molecule has 0 radical (unpaired) electrons. The number of hydrogen-bond donors (Lipinski definition) is 1. The van der Waals surface area contributed by atoms with Crippen LogP contribution >= 0.6 is 23.4 Å². The fourth-order valence-electron chi connectivity index (χ4n) is 0.878. The molecular formula is C8H7ClF3NS. The SMILES string of the molecule is NCc1ccc(Cl)c(SC(F)(F)F)c1. The molecule has 0 fully saturated rings. The molecule has 6 heteroatoms. The van der Waals surface area contributed by atoms with Crippen molar-refractivity contribution in [2.75, 3.05) is 0 Å². The Hall–Kier alpha value is -0.390. The number of nitrogens with two attached hydrogens (primary N) is 1. The van der Waals surface area contributed by atoms with Crippen LogP contribution in [0.2, 0.25) is 5.02 Å². The summed E-state index contributed by atoms with van der Waals surface area (Å²) in [6, 6.07) is 4.36. The third kappa shape index (κ3) is 3.40. The first-order valence-corrected chi connectivity index (χ1v) is 4.86. The van der Waals surface area contributed by atoms with Gasteiger partial charge in [-0.05, 0) is 29.5 Å². The van der Waals surface area contributed by atoms with E-state index in [1.807, 2.05) is 0 Å². The molecule has 1 aromatic rings. The quantitative estimate of drug-likeness (QED) is 0.803. The van der Waals surface area contributed by atoms with E-state index in [-0.39, 0.29) is 28.2 Å². The largest absolute Gasteiger partial charge is 0.446 e. The second-order valence-electron chi connectivity index (χ2n) is 2.52. The van der Waals surface area contributed by atoms with Gasteiger partial charge in [0, 0.05) is 11.4 Å². The highest BCUT2D eigenvalue weighted by Crippen LogP contribution is 2.40. The molecule has 0 aliphatic rings. The highest BCUT2D eigenvalue weighted by Gasteiger charge is 2.30. The van der Waals surface area contributed by atoms with Gasteiger partial charge in [-0.3, -0.25) is 0 Å². The second kappa shape index (κ2) is 4.42. The van der Waals surface area contributed by atoms with Gasteiger partial charge in [-0.15, -0.1) is 0 Å². The average molecular weight is 242 g/mol. The summed E-state index contributed by atoms with van der Waals surface area (Å²) in [5.74, 6) is 0. The summed E-state index contributed by atoms with van der Waals surface area (Å²) in [6.45, 7) is 0.197. The zero-order chi connectivity index (χ0) is 10.8. The Morgan fingerprint density at radius 1 is 1.36 bits per heavy atom. The fourth-order valence-corrected chi connectivity index (χ4v) is 1.74. The van der Waals surface area contributed by atoms with E-state index in [9.17, 15) is 13.2 Å². The van der Waals surface area contributed by atoms with Crippen molar-refractivity contribution in [3.05, 3.63) is 28.8 Å². The van der Waals surface area contributed by atoms with Crippen molar-refractivity contribution >= 4 is 23.4 Å². The summed E-state index contributed by atoms with van der Waals surface area (Å²) in [4.78, 5) is -0.0119. The normalized spacial score (nSPS) is 11.8. The van der Waals surface area contributed by atoms with E-state index in [2.05, 4.69) is 0 Å². The van der Waals surface area contributed by atoms with Crippen LogP contribution < -0.4 is 5.73 Å². The van der Waals surface area contributed by atoms with E-state index >= 15 is 0 Å². The van der Waals surface area contributed by atoms with Gasteiger partial charge in [0.25, 0.3) is 0 Å². The van der Waals surface area contributed by atoms with Gasteiger partial charge in [0.05, 0.1) is 5.02 Å². The Morgan fingerprint density at radius 2 is 2.00 bits per heavy atom.